The number of hydrogen-bond acceptors (Lipinski definition) is 1. The van der Waals surface area contributed by atoms with E-state index >= 15 is 0 Å². The van der Waals surface area contributed by atoms with Gasteiger partial charge in [0.15, 0.2) is 0 Å². The van der Waals surface area contributed by atoms with Crippen LogP contribution in [0, 0.1) is 6.92 Å². The highest BCUT2D eigenvalue weighted by Gasteiger charge is 1.83. The summed E-state index contributed by atoms with van der Waals surface area (Å²) in [6.07, 6.45) is 0. The lowest BCUT2D eigenvalue weighted by Gasteiger charge is -1.99. The molecule has 1 radical (unpaired) electrons. The molecule has 1 heteroatoms. The minimum absolute atomic E-state index is 0.490. The van der Waals surface area contributed by atoms with Gasteiger partial charge in [-0.05, 0) is 19.1 Å². The molecule has 1 rings (SSSR count). The molecule has 0 bridgehead atoms. The Morgan fingerprint density at radius 3 is 2.44 bits per heavy atom. The normalized spacial score (nSPS) is 9.00. The highest BCUT2D eigenvalue weighted by Crippen LogP contribution is 2.06. The van der Waals surface area contributed by atoms with Crippen LogP contribution in [0.2, 0.25) is 0 Å². The van der Waals surface area contributed by atoms with Crippen molar-refractivity contribution >= 4 is 0 Å². The van der Waals surface area contributed by atoms with Crippen LogP contribution >= 0.6 is 0 Å². The van der Waals surface area contributed by atoms with Crippen LogP contribution in [0.5, 0.6) is 5.75 Å². The summed E-state index contributed by atoms with van der Waals surface area (Å²) in [5, 5.41) is 0. The van der Waals surface area contributed by atoms with Gasteiger partial charge < -0.3 is 4.74 Å². The van der Waals surface area contributed by atoms with E-state index in [1.165, 1.54) is 0 Å². The van der Waals surface area contributed by atoms with E-state index in [4.69, 9.17) is 4.74 Å². The number of rotatable bonds is 2. The monoisotopic (exact) mass is 121 g/mol. The first kappa shape index (κ1) is 6.14. The van der Waals surface area contributed by atoms with Gasteiger partial charge in [0.2, 0.25) is 0 Å². The Morgan fingerprint density at radius 1 is 1.22 bits per heavy atom. The van der Waals surface area contributed by atoms with Crippen molar-refractivity contribution in [3.63, 3.8) is 0 Å². The fourth-order valence-corrected chi connectivity index (χ4v) is 0.635. The summed E-state index contributed by atoms with van der Waals surface area (Å²) in [7, 11) is 0. The summed E-state index contributed by atoms with van der Waals surface area (Å²) in [4.78, 5) is 0. The van der Waals surface area contributed by atoms with Crippen molar-refractivity contribution in [2.45, 2.75) is 0 Å². The molecule has 0 spiro atoms. The second-order valence-corrected chi connectivity index (χ2v) is 1.66. The van der Waals surface area contributed by atoms with Gasteiger partial charge in [-0.15, -0.1) is 0 Å². The highest BCUT2D eigenvalue weighted by molar-refractivity contribution is 5.20. The second kappa shape index (κ2) is 3.13. The zero-order valence-electron chi connectivity index (χ0n) is 5.21. The number of ether oxygens (including phenoxy) is 1. The van der Waals surface area contributed by atoms with Crippen LogP contribution in [0.25, 0.3) is 0 Å². The first-order chi connectivity index (χ1) is 4.43. The lowest BCUT2D eigenvalue weighted by Crippen LogP contribution is -1.89. The van der Waals surface area contributed by atoms with E-state index in [-0.39, 0.29) is 0 Å². The van der Waals surface area contributed by atoms with E-state index in [1.807, 2.05) is 30.3 Å². The Morgan fingerprint density at radius 2 is 1.89 bits per heavy atom. The zero-order valence-corrected chi connectivity index (χ0v) is 5.21. The topological polar surface area (TPSA) is 9.23 Å². The number of para-hydroxylation sites is 1. The summed E-state index contributed by atoms with van der Waals surface area (Å²) in [6.45, 7) is 4.05. The van der Waals surface area contributed by atoms with Crippen molar-refractivity contribution in [3.05, 3.63) is 37.3 Å². The quantitative estimate of drug-likeness (QED) is 0.580. The lowest BCUT2D eigenvalue weighted by atomic mass is 10.3. The third-order valence-electron chi connectivity index (χ3n) is 1.01. The summed E-state index contributed by atoms with van der Waals surface area (Å²) >= 11 is 0. The van der Waals surface area contributed by atoms with Crippen molar-refractivity contribution in [3.8, 4) is 5.75 Å². The van der Waals surface area contributed by atoms with Gasteiger partial charge in [-0.3, -0.25) is 0 Å². The van der Waals surface area contributed by atoms with Crippen molar-refractivity contribution < 1.29 is 4.74 Å². The predicted molar refractivity (Wildman–Crippen MR) is 37.3 cm³/mol. The predicted octanol–water partition coefficient (Wildman–Crippen LogP) is 1.90. The largest absolute Gasteiger partial charge is 0.494 e. The molecule has 0 aliphatic carbocycles. The molecule has 1 aromatic carbocycles. The highest BCUT2D eigenvalue weighted by atomic mass is 16.5. The molecule has 47 valence electrons. The second-order valence-electron chi connectivity index (χ2n) is 1.66. The van der Waals surface area contributed by atoms with Gasteiger partial charge in [0.25, 0.3) is 0 Å². The van der Waals surface area contributed by atoms with Gasteiger partial charge in [-0.1, -0.05) is 18.2 Å². The van der Waals surface area contributed by atoms with Crippen molar-refractivity contribution in [1.82, 2.24) is 0 Å². The molecule has 0 atom stereocenters. The molecule has 0 heterocycles. The van der Waals surface area contributed by atoms with Gasteiger partial charge in [0.1, 0.15) is 5.75 Å². The smallest absolute Gasteiger partial charge is 0.119 e. The van der Waals surface area contributed by atoms with E-state index < -0.39 is 0 Å². The van der Waals surface area contributed by atoms with Crippen molar-refractivity contribution in [1.29, 1.82) is 0 Å². The van der Waals surface area contributed by atoms with Gasteiger partial charge >= 0.3 is 0 Å². The maximum Gasteiger partial charge on any atom is 0.119 e. The van der Waals surface area contributed by atoms with Crippen LogP contribution in [0.3, 0.4) is 0 Å². The van der Waals surface area contributed by atoms with Gasteiger partial charge in [-0.2, -0.15) is 0 Å². The van der Waals surface area contributed by atoms with E-state index in [0.717, 1.165) is 5.75 Å². The Hall–Kier alpha value is -0.980. The van der Waals surface area contributed by atoms with E-state index in [1.54, 1.807) is 0 Å². The number of benzene rings is 1. The number of hydrogen-bond donors (Lipinski definition) is 0. The van der Waals surface area contributed by atoms with Crippen molar-refractivity contribution in [2.75, 3.05) is 6.61 Å². The zero-order chi connectivity index (χ0) is 6.53. The average molecular weight is 121 g/mol. The van der Waals surface area contributed by atoms with Gasteiger partial charge in [-0.25, -0.2) is 0 Å². The van der Waals surface area contributed by atoms with Gasteiger partial charge in [0, 0.05) is 0 Å². The van der Waals surface area contributed by atoms with Crippen LogP contribution in [-0.2, 0) is 0 Å². The molecule has 0 saturated carbocycles. The molecule has 0 aromatic heterocycles. The van der Waals surface area contributed by atoms with Crippen LogP contribution in [-0.4, -0.2) is 6.61 Å². The van der Waals surface area contributed by atoms with E-state index in [2.05, 4.69) is 6.92 Å². The average Bonchev–Trinajstić information content (AvgIpc) is 1.91. The Bertz CT molecular complexity index is 157. The summed E-state index contributed by atoms with van der Waals surface area (Å²) in [6, 6.07) is 9.64. The Kier molecular flexibility index (Phi) is 2.13. The molecule has 1 aromatic rings. The van der Waals surface area contributed by atoms with E-state index in [9.17, 15) is 0 Å². The Labute approximate surface area is 55.3 Å². The molecule has 0 unspecified atom stereocenters. The first-order valence-corrected chi connectivity index (χ1v) is 2.90. The van der Waals surface area contributed by atoms with Gasteiger partial charge in [0.05, 0.1) is 6.61 Å². The third-order valence-corrected chi connectivity index (χ3v) is 1.01. The lowest BCUT2D eigenvalue weighted by molar-refractivity contribution is 0.361. The van der Waals surface area contributed by atoms with Crippen LogP contribution in [0.1, 0.15) is 0 Å². The summed E-state index contributed by atoms with van der Waals surface area (Å²) in [5.41, 5.74) is 0. The minimum atomic E-state index is 0.490. The van der Waals surface area contributed by atoms with Crippen molar-refractivity contribution in [2.24, 2.45) is 0 Å². The fraction of sp³-hybridized carbons (Fsp3) is 0.125. The molecular weight excluding hydrogens is 112 g/mol. The molecule has 0 N–H and O–H groups in total. The molecule has 0 fully saturated rings. The maximum atomic E-state index is 5.09. The maximum absolute atomic E-state index is 5.09. The van der Waals surface area contributed by atoms with Crippen LogP contribution in [0.4, 0.5) is 0 Å². The Balaban J connectivity index is 2.61. The molecule has 9 heavy (non-hydrogen) atoms. The molecular formula is C8H9O. The standard InChI is InChI=1S/C8H9O/c1-2-9-8-6-4-3-5-7-8/h3-7H,1-2H2. The van der Waals surface area contributed by atoms with Crippen LogP contribution in [0.15, 0.2) is 30.3 Å². The third kappa shape index (κ3) is 1.76. The summed E-state index contributed by atoms with van der Waals surface area (Å²) < 4.78 is 5.09. The molecule has 0 aliphatic heterocycles. The fourth-order valence-electron chi connectivity index (χ4n) is 0.635. The molecule has 1 nitrogen and oxygen atoms in total. The van der Waals surface area contributed by atoms with E-state index in [0.29, 0.717) is 6.61 Å². The molecule has 0 saturated heterocycles. The molecule has 0 amide bonds. The minimum Gasteiger partial charge on any atom is -0.494 e. The SMILES string of the molecule is [CH2]COc1ccccc1. The summed E-state index contributed by atoms with van der Waals surface area (Å²) in [5.74, 6) is 0.882. The van der Waals surface area contributed by atoms with Crippen LogP contribution < -0.4 is 4.74 Å². The molecule has 0 aliphatic rings. The first-order valence-electron chi connectivity index (χ1n) is 2.90.